The van der Waals surface area contributed by atoms with Crippen molar-refractivity contribution in [3.05, 3.63) is 179 Å². The second-order valence-electron chi connectivity index (χ2n) is 16.0. The third-order valence-electron chi connectivity index (χ3n) is 10.6. The van der Waals surface area contributed by atoms with Gasteiger partial charge < -0.3 is 34.5 Å². The van der Waals surface area contributed by atoms with E-state index in [0.717, 1.165) is 24.3 Å². The van der Waals surface area contributed by atoms with Gasteiger partial charge in [-0.05, 0) is 143 Å². The first-order chi connectivity index (χ1) is 37.7. The van der Waals surface area contributed by atoms with Gasteiger partial charge in [0.05, 0.1) is 54.4 Å². The number of nitrogens with two attached hydrogens (primary N) is 1. The molecule has 0 saturated heterocycles. The Morgan fingerprint density at radius 2 is 0.899 bits per heavy atom. The van der Waals surface area contributed by atoms with Gasteiger partial charge in [0.15, 0.2) is 6.29 Å². The van der Waals surface area contributed by atoms with Crippen molar-refractivity contribution in [2.24, 2.45) is 31.5 Å². The Balaban J connectivity index is 0.000000287. The van der Waals surface area contributed by atoms with E-state index >= 15 is 0 Å². The first kappa shape index (κ1) is 62.0. The number of rotatable bonds is 17. The van der Waals surface area contributed by atoms with Gasteiger partial charge in [0, 0.05) is 36.3 Å². The van der Waals surface area contributed by atoms with Crippen molar-refractivity contribution in [1.82, 2.24) is 0 Å². The summed E-state index contributed by atoms with van der Waals surface area (Å²) in [4.78, 5) is 46.7. The number of methoxy groups -OCH3 is 2. The van der Waals surface area contributed by atoms with Gasteiger partial charge in [-0.2, -0.15) is 41.6 Å². The van der Waals surface area contributed by atoms with Gasteiger partial charge in [-0.15, -0.1) is 0 Å². The van der Waals surface area contributed by atoms with Gasteiger partial charge in [0.1, 0.15) is 47.6 Å². The maximum absolute atomic E-state index is 12.8. The van der Waals surface area contributed by atoms with Crippen LogP contribution in [0.3, 0.4) is 0 Å². The molecule has 0 unspecified atom stereocenters. The zero-order valence-corrected chi connectivity index (χ0v) is 44.1. The number of para-hydroxylation sites is 2. The van der Waals surface area contributed by atoms with E-state index in [2.05, 4.69) is 30.4 Å². The second kappa shape index (κ2) is 30.3. The number of ether oxygens (including phenoxy) is 4. The molecule has 416 valence electrons. The molecular weight excluding hydrogens is 1040 g/mol. The number of nitrogens with zero attached hydrogens (tertiary/aromatic N) is 7. The fourth-order valence-corrected chi connectivity index (χ4v) is 6.52. The topological polar surface area (TPSA) is 201 Å². The molecule has 0 atom stereocenters. The molecule has 2 amide bonds. The molecule has 6 aromatic rings. The summed E-state index contributed by atoms with van der Waals surface area (Å²) in [5, 5.41) is 20.2. The van der Waals surface area contributed by atoms with Crippen LogP contribution in [0.2, 0.25) is 0 Å². The molecule has 6 rings (SSSR count). The SMILES string of the molecule is CCO/N=C(/C(C)=N/N)c1ccc(Oc2ccc(C(F)(F)F)cc2)cc1.CCO/N=C(/C(C)=N/N=C/c1ccccc1N(C)C(=O)OC)c1ccc(Oc2ccc(C(F)(F)F)cc2)cc1.COC(=O)N(C)c1ccccc1C=O. The molecule has 23 heteroatoms. The summed E-state index contributed by atoms with van der Waals surface area (Å²) in [7, 11) is 5.73. The van der Waals surface area contributed by atoms with Crippen molar-refractivity contribution in [1.29, 1.82) is 0 Å². The second-order valence-corrected chi connectivity index (χ2v) is 16.0. The van der Waals surface area contributed by atoms with Gasteiger partial charge in [0.2, 0.25) is 0 Å². The number of aldehydes is 1. The third kappa shape index (κ3) is 18.9. The van der Waals surface area contributed by atoms with Gasteiger partial charge in [0.25, 0.3) is 0 Å². The molecule has 0 spiro atoms. The number of hydrogen-bond donors (Lipinski definition) is 1. The van der Waals surface area contributed by atoms with E-state index in [0.29, 0.717) is 93.2 Å². The number of carbonyl (C=O) groups is 3. The number of amides is 2. The largest absolute Gasteiger partial charge is 0.457 e. The van der Waals surface area contributed by atoms with E-state index < -0.39 is 35.7 Å². The minimum atomic E-state index is -4.41. The molecule has 0 saturated carbocycles. The Morgan fingerprint density at radius 3 is 1.25 bits per heavy atom. The summed E-state index contributed by atoms with van der Waals surface area (Å²) in [5.41, 5.74) is 3.98. The Hall–Kier alpha value is -9.54. The van der Waals surface area contributed by atoms with E-state index in [4.69, 9.17) is 29.7 Å². The minimum Gasteiger partial charge on any atom is -0.457 e. The summed E-state index contributed by atoms with van der Waals surface area (Å²) in [6, 6.07) is 36.4. The lowest BCUT2D eigenvalue weighted by Gasteiger charge is -2.17. The molecule has 0 aliphatic heterocycles. The zero-order chi connectivity index (χ0) is 58.1. The van der Waals surface area contributed by atoms with Crippen LogP contribution < -0.4 is 25.1 Å². The number of hydrazone groups is 1. The highest BCUT2D eigenvalue weighted by atomic mass is 19.4. The van der Waals surface area contributed by atoms with Crippen molar-refractivity contribution in [2.45, 2.75) is 40.0 Å². The lowest BCUT2D eigenvalue weighted by atomic mass is 10.1. The van der Waals surface area contributed by atoms with Crippen LogP contribution in [0.15, 0.2) is 171 Å². The Morgan fingerprint density at radius 1 is 0.544 bits per heavy atom. The summed E-state index contributed by atoms with van der Waals surface area (Å²) in [6.07, 6.45) is -7.60. The highest BCUT2D eigenvalue weighted by Crippen LogP contribution is 2.33. The fourth-order valence-electron chi connectivity index (χ4n) is 6.52. The molecule has 0 bridgehead atoms. The number of benzene rings is 6. The van der Waals surface area contributed by atoms with Crippen molar-refractivity contribution in [3.63, 3.8) is 0 Å². The molecule has 0 heterocycles. The predicted molar refractivity (Wildman–Crippen MR) is 290 cm³/mol. The molecule has 0 aromatic heterocycles. The van der Waals surface area contributed by atoms with E-state index in [1.165, 1.54) is 54.5 Å². The van der Waals surface area contributed by atoms with Crippen LogP contribution in [-0.4, -0.2) is 89.1 Å². The van der Waals surface area contributed by atoms with Crippen LogP contribution in [-0.2, 0) is 31.5 Å². The van der Waals surface area contributed by atoms with Crippen LogP contribution in [0.4, 0.5) is 47.3 Å². The van der Waals surface area contributed by atoms with Crippen LogP contribution in [0, 0.1) is 0 Å². The normalized spacial score (nSPS) is 12.0. The molecule has 6 aromatic carbocycles. The van der Waals surface area contributed by atoms with Crippen molar-refractivity contribution in [2.75, 3.05) is 51.3 Å². The van der Waals surface area contributed by atoms with Crippen LogP contribution in [0.5, 0.6) is 23.0 Å². The van der Waals surface area contributed by atoms with Crippen molar-refractivity contribution < 1.29 is 69.3 Å². The molecule has 2 N–H and O–H groups in total. The highest BCUT2D eigenvalue weighted by Gasteiger charge is 2.31. The number of halogens is 6. The molecule has 0 radical (unpaired) electrons. The average Bonchev–Trinajstić information content (AvgIpc) is 3.47. The number of alkyl halides is 6. The van der Waals surface area contributed by atoms with E-state index in [1.807, 2.05) is 6.07 Å². The molecule has 0 aliphatic carbocycles. The number of oxime groups is 2. The maximum Gasteiger partial charge on any atom is 0.416 e. The predicted octanol–water partition coefficient (Wildman–Crippen LogP) is 13.2. The smallest absolute Gasteiger partial charge is 0.416 e. The van der Waals surface area contributed by atoms with Gasteiger partial charge in [-0.1, -0.05) is 40.6 Å². The van der Waals surface area contributed by atoms with Gasteiger partial charge in [-0.3, -0.25) is 14.6 Å². The summed E-state index contributed by atoms with van der Waals surface area (Å²) < 4.78 is 96.6. The maximum atomic E-state index is 12.8. The average molecular weight is 1100 g/mol. The summed E-state index contributed by atoms with van der Waals surface area (Å²) in [5.74, 6) is 6.76. The van der Waals surface area contributed by atoms with E-state index in [9.17, 15) is 40.7 Å². The molecule has 0 aliphatic rings. The Kier molecular flexibility index (Phi) is 23.8. The number of anilines is 2. The van der Waals surface area contributed by atoms with Gasteiger partial charge in [-0.25, -0.2) is 9.59 Å². The van der Waals surface area contributed by atoms with E-state index in [-0.39, 0.29) is 5.75 Å². The van der Waals surface area contributed by atoms with Gasteiger partial charge >= 0.3 is 24.5 Å². The van der Waals surface area contributed by atoms with Crippen molar-refractivity contribution >= 4 is 58.9 Å². The van der Waals surface area contributed by atoms with E-state index in [1.54, 1.807) is 133 Å². The number of carbonyl (C=O) groups excluding carboxylic acids is 3. The molecular formula is C56H56F6N8O9. The lowest BCUT2D eigenvalue weighted by Crippen LogP contribution is -2.26. The monoisotopic (exact) mass is 1100 g/mol. The minimum absolute atomic E-state index is 0.268. The Bertz CT molecular complexity index is 3090. The molecule has 0 fully saturated rings. The molecule has 79 heavy (non-hydrogen) atoms. The summed E-state index contributed by atoms with van der Waals surface area (Å²) >= 11 is 0. The van der Waals surface area contributed by atoms with Crippen LogP contribution in [0.1, 0.15) is 65.9 Å². The number of hydrogen-bond acceptors (Lipinski definition) is 15. The highest BCUT2D eigenvalue weighted by molar-refractivity contribution is 6.48. The zero-order valence-electron chi connectivity index (χ0n) is 44.1. The van der Waals surface area contributed by atoms with Crippen LogP contribution >= 0.6 is 0 Å². The Labute approximate surface area is 451 Å². The third-order valence-corrected chi connectivity index (χ3v) is 10.6. The fraction of sp³-hybridized carbons (Fsp3) is 0.214. The first-order valence-corrected chi connectivity index (χ1v) is 23.6. The lowest BCUT2D eigenvalue weighted by molar-refractivity contribution is -0.138. The first-order valence-electron chi connectivity index (χ1n) is 23.6. The standard InChI is InChI=1S/C28H27F3N4O4.C18H18F3N3O2.C10H11NO3/c1-5-38-34-26(19(2)33-32-18-21-8-6-7-9-25(21)35(3)27(36)37-4)20-10-14-23(15-11-20)39-24-16-12-22(13-17-24)28(29,30)31;1-3-25-24-17(12(2)23-22)13-4-8-15(9-5-13)26-16-10-6-14(7-11-16)18(19,20)21;1-11(10(13)14-2)9-6-4-3-5-8(9)7-12/h6-18H,5H2,1-4H3;4-11H,3,22H2,1-2H3;3-7H,1-2H3/b32-18+,33-19+,34-26-;23-12+,24-17-;. The summed E-state index contributed by atoms with van der Waals surface area (Å²) in [6.45, 7) is 7.75. The van der Waals surface area contributed by atoms with Crippen LogP contribution in [0.25, 0.3) is 0 Å². The van der Waals surface area contributed by atoms with Crippen molar-refractivity contribution in [3.8, 4) is 23.0 Å². The molecule has 17 nitrogen and oxygen atoms in total. The quantitative estimate of drug-likeness (QED) is 0.0301.